The SMILES string of the molecule is CCCC(C)(CCC(C)C)C1=NOC(C)C(CC)O1. The Hall–Kier alpha value is -0.730. The zero-order valence-electron chi connectivity index (χ0n) is 13.5. The Labute approximate surface area is 118 Å². The van der Waals surface area contributed by atoms with Gasteiger partial charge in [0.1, 0.15) is 6.10 Å². The Morgan fingerprint density at radius 3 is 2.47 bits per heavy atom. The van der Waals surface area contributed by atoms with E-state index in [1.54, 1.807) is 0 Å². The summed E-state index contributed by atoms with van der Waals surface area (Å²) in [4.78, 5) is 5.56. The van der Waals surface area contributed by atoms with Crippen LogP contribution in [0.4, 0.5) is 0 Å². The monoisotopic (exact) mass is 269 g/mol. The van der Waals surface area contributed by atoms with Gasteiger partial charge in [0.25, 0.3) is 0 Å². The molecule has 0 saturated heterocycles. The van der Waals surface area contributed by atoms with Crippen LogP contribution < -0.4 is 0 Å². The van der Waals surface area contributed by atoms with Crippen LogP contribution in [0.25, 0.3) is 0 Å². The predicted octanol–water partition coefficient (Wildman–Crippen LogP) is 4.76. The fourth-order valence-corrected chi connectivity index (χ4v) is 2.63. The van der Waals surface area contributed by atoms with Crippen molar-refractivity contribution in [3.8, 4) is 0 Å². The van der Waals surface area contributed by atoms with Crippen LogP contribution in [0.1, 0.15) is 73.6 Å². The van der Waals surface area contributed by atoms with Gasteiger partial charge in [0, 0.05) is 5.41 Å². The molecule has 0 bridgehead atoms. The fraction of sp³-hybridized carbons (Fsp3) is 0.938. The van der Waals surface area contributed by atoms with E-state index in [0.29, 0.717) is 5.92 Å². The Morgan fingerprint density at radius 2 is 1.95 bits per heavy atom. The molecule has 0 aromatic rings. The lowest BCUT2D eigenvalue weighted by Crippen LogP contribution is -2.41. The first-order valence-electron chi connectivity index (χ1n) is 7.83. The standard InChI is InChI=1S/C16H31NO2/c1-7-10-16(6,11-9-12(3)4)15-17-19-13(5)14(8-2)18-15/h12-14H,7-11H2,1-6H3. The van der Waals surface area contributed by atoms with Crippen molar-refractivity contribution in [2.75, 3.05) is 0 Å². The van der Waals surface area contributed by atoms with Crippen LogP contribution in [0.3, 0.4) is 0 Å². The fourth-order valence-electron chi connectivity index (χ4n) is 2.63. The highest BCUT2D eigenvalue weighted by atomic mass is 16.7. The van der Waals surface area contributed by atoms with Gasteiger partial charge in [-0.25, -0.2) is 0 Å². The molecule has 0 radical (unpaired) electrons. The largest absolute Gasteiger partial charge is 0.471 e. The summed E-state index contributed by atoms with van der Waals surface area (Å²) < 4.78 is 6.12. The molecule has 1 aliphatic heterocycles. The van der Waals surface area contributed by atoms with Gasteiger partial charge < -0.3 is 9.57 Å². The van der Waals surface area contributed by atoms with Gasteiger partial charge in [-0.3, -0.25) is 0 Å². The zero-order valence-corrected chi connectivity index (χ0v) is 13.5. The lowest BCUT2D eigenvalue weighted by molar-refractivity contribution is -0.0619. The van der Waals surface area contributed by atoms with Crippen molar-refractivity contribution >= 4 is 5.90 Å². The van der Waals surface area contributed by atoms with Crippen LogP contribution in [-0.4, -0.2) is 18.1 Å². The number of ether oxygens (including phenoxy) is 1. The van der Waals surface area contributed by atoms with Gasteiger partial charge in [0.15, 0.2) is 6.10 Å². The molecule has 1 rings (SSSR count). The summed E-state index contributed by atoms with van der Waals surface area (Å²) in [5.74, 6) is 1.53. The minimum Gasteiger partial charge on any atom is -0.471 e. The van der Waals surface area contributed by atoms with Gasteiger partial charge in [-0.15, -0.1) is 0 Å². The maximum absolute atomic E-state index is 6.12. The molecule has 0 N–H and O–H groups in total. The van der Waals surface area contributed by atoms with E-state index in [1.807, 2.05) is 6.92 Å². The molecule has 0 aliphatic carbocycles. The smallest absolute Gasteiger partial charge is 0.232 e. The molecule has 0 aromatic carbocycles. The van der Waals surface area contributed by atoms with Crippen LogP contribution in [-0.2, 0) is 9.57 Å². The summed E-state index contributed by atoms with van der Waals surface area (Å²) in [7, 11) is 0. The topological polar surface area (TPSA) is 30.8 Å². The van der Waals surface area contributed by atoms with Crippen LogP contribution in [0.5, 0.6) is 0 Å². The van der Waals surface area contributed by atoms with Crippen LogP contribution >= 0.6 is 0 Å². The number of hydrogen-bond acceptors (Lipinski definition) is 3. The summed E-state index contributed by atoms with van der Waals surface area (Å²) in [5.41, 5.74) is 0.0204. The first-order chi connectivity index (χ1) is 8.92. The lowest BCUT2D eigenvalue weighted by atomic mass is 9.79. The van der Waals surface area contributed by atoms with Gasteiger partial charge in [-0.1, -0.05) is 46.2 Å². The first kappa shape index (κ1) is 16.3. The summed E-state index contributed by atoms with van der Waals surface area (Å²) in [5, 5.41) is 4.27. The van der Waals surface area contributed by atoms with E-state index in [1.165, 1.54) is 6.42 Å². The van der Waals surface area contributed by atoms with Crippen molar-refractivity contribution in [3.63, 3.8) is 0 Å². The van der Waals surface area contributed by atoms with Crippen molar-refractivity contribution in [2.24, 2.45) is 16.5 Å². The Morgan fingerprint density at radius 1 is 1.26 bits per heavy atom. The molecule has 3 unspecified atom stereocenters. The molecular weight excluding hydrogens is 238 g/mol. The zero-order chi connectivity index (χ0) is 14.5. The molecular formula is C16H31NO2. The minimum absolute atomic E-state index is 0.0204. The maximum Gasteiger partial charge on any atom is 0.232 e. The van der Waals surface area contributed by atoms with Crippen molar-refractivity contribution in [1.29, 1.82) is 0 Å². The van der Waals surface area contributed by atoms with E-state index in [0.717, 1.165) is 31.6 Å². The highest BCUT2D eigenvalue weighted by Gasteiger charge is 2.37. The molecule has 0 spiro atoms. The van der Waals surface area contributed by atoms with E-state index < -0.39 is 0 Å². The molecule has 0 saturated carbocycles. The van der Waals surface area contributed by atoms with Crippen LogP contribution in [0, 0.1) is 11.3 Å². The molecule has 3 nitrogen and oxygen atoms in total. The number of hydrogen-bond donors (Lipinski definition) is 0. The van der Waals surface area contributed by atoms with E-state index >= 15 is 0 Å². The average Bonchev–Trinajstić information content (AvgIpc) is 2.37. The van der Waals surface area contributed by atoms with Gasteiger partial charge in [0.2, 0.25) is 5.90 Å². The normalized spacial score (nSPS) is 26.4. The van der Waals surface area contributed by atoms with Gasteiger partial charge >= 0.3 is 0 Å². The van der Waals surface area contributed by atoms with Crippen molar-refractivity contribution in [1.82, 2.24) is 0 Å². The minimum atomic E-state index is 0.0204. The molecule has 0 amide bonds. The second-order valence-electron chi connectivity index (χ2n) is 6.51. The second kappa shape index (κ2) is 7.16. The molecule has 19 heavy (non-hydrogen) atoms. The molecule has 1 aliphatic rings. The maximum atomic E-state index is 6.12. The highest BCUT2D eigenvalue weighted by molar-refractivity contribution is 5.82. The summed E-state index contributed by atoms with van der Waals surface area (Å²) >= 11 is 0. The van der Waals surface area contributed by atoms with Gasteiger partial charge in [-0.05, 0) is 38.5 Å². The van der Waals surface area contributed by atoms with Gasteiger partial charge in [-0.2, -0.15) is 0 Å². The summed E-state index contributed by atoms with van der Waals surface area (Å²) in [6, 6.07) is 0. The van der Waals surface area contributed by atoms with E-state index in [-0.39, 0.29) is 17.6 Å². The number of oxime groups is 1. The van der Waals surface area contributed by atoms with Gasteiger partial charge in [0.05, 0.1) is 0 Å². The van der Waals surface area contributed by atoms with Crippen molar-refractivity contribution in [3.05, 3.63) is 0 Å². The third-order valence-corrected chi connectivity index (χ3v) is 4.08. The Bertz CT molecular complexity index is 301. The number of rotatable bonds is 7. The predicted molar refractivity (Wildman–Crippen MR) is 80.2 cm³/mol. The van der Waals surface area contributed by atoms with E-state index in [2.05, 4.69) is 39.8 Å². The molecule has 112 valence electrons. The third-order valence-electron chi connectivity index (χ3n) is 4.08. The quantitative estimate of drug-likeness (QED) is 0.667. The lowest BCUT2D eigenvalue weighted by Gasteiger charge is -2.36. The first-order valence-corrected chi connectivity index (χ1v) is 7.83. The molecule has 0 aromatic heterocycles. The van der Waals surface area contributed by atoms with Crippen molar-refractivity contribution < 1.29 is 9.57 Å². The average molecular weight is 269 g/mol. The Kier molecular flexibility index (Phi) is 6.15. The molecule has 1 heterocycles. The van der Waals surface area contributed by atoms with E-state index in [9.17, 15) is 0 Å². The van der Waals surface area contributed by atoms with Crippen molar-refractivity contribution in [2.45, 2.75) is 85.9 Å². The summed E-state index contributed by atoms with van der Waals surface area (Å²) in [6.07, 6.45) is 5.73. The number of nitrogens with zero attached hydrogens (tertiary/aromatic N) is 1. The molecule has 3 heteroatoms. The molecule has 0 fully saturated rings. The Balaban J connectivity index is 2.80. The van der Waals surface area contributed by atoms with Crippen LogP contribution in [0.15, 0.2) is 5.16 Å². The second-order valence-corrected chi connectivity index (χ2v) is 6.51. The van der Waals surface area contributed by atoms with Crippen LogP contribution in [0.2, 0.25) is 0 Å². The third kappa shape index (κ3) is 4.39. The highest BCUT2D eigenvalue weighted by Crippen LogP contribution is 2.35. The summed E-state index contributed by atoms with van der Waals surface area (Å²) in [6.45, 7) is 13.2. The van der Waals surface area contributed by atoms with E-state index in [4.69, 9.17) is 9.57 Å². The molecule has 3 atom stereocenters.